The van der Waals surface area contributed by atoms with Gasteiger partial charge in [-0.2, -0.15) is 0 Å². The van der Waals surface area contributed by atoms with Gasteiger partial charge >= 0.3 is 0 Å². The number of anilines is 1. The number of fused-ring (bicyclic) bond motifs is 1. The van der Waals surface area contributed by atoms with Gasteiger partial charge in [-0.3, -0.25) is 14.3 Å². The van der Waals surface area contributed by atoms with E-state index in [0.717, 1.165) is 28.0 Å². The minimum absolute atomic E-state index is 0.329. The lowest BCUT2D eigenvalue weighted by atomic mass is 9.98. The highest BCUT2D eigenvalue weighted by Gasteiger charge is 2.23. The number of para-hydroxylation sites is 1. The molecule has 0 saturated heterocycles. The molecule has 2 aromatic carbocycles. The van der Waals surface area contributed by atoms with Gasteiger partial charge in [0.25, 0.3) is 11.5 Å². The highest BCUT2D eigenvalue weighted by molar-refractivity contribution is 7.92. The van der Waals surface area contributed by atoms with Gasteiger partial charge in [0.15, 0.2) is 0 Å². The Kier molecular flexibility index (Phi) is 6.01. The number of hydrogen-bond donors (Lipinski definition) is 1. The monoisotopic (exact) mass is 476 g/mol. The standard InChI is InChI=1S/C26H24N2O5S/c1-5-24(29)28-15-22(19-10-7-11-20(19)26(28)30)21-14-18(27-34(4,31)32)12-13-23(21)33-25-16(2)8-6-9-17(25)3/h5-10,12-15,27H,1,11H2,2-4H3. The zero-order valence-electron chi connectivity index (χ0n) is 19.1. The Morgan fingerprint density at radius 1 is 1.15 bits per heavy atom. The third-order valence-corrected chi connectivity index (χ3v) is 6.17. The second-order valence-electron chi connectivity index (χ2n) is 8.17. The van der Waals surface area contributed by atoms with Crippen LogP contribution < -0.4 is 15.0 Å². The number of nitrogens with zero attached hydrogens (tertiary/aromatic N) is 1. The molecule has 1 aromatic heterocycles. The van der Waals surface area contributed by atoms with E-state index in [2.05, 4.69) is 11.3 Å². The SMILES string of the molecule is C=CC(=O)n1cc(-c2cc(NS(C)(=O)=O)ccc2Oc2c(C)cccc2C)c2c(c1=O)CC=C2. The van der Waals surface area contributed by atoms with Crippen LogP contribution in [0.1, 0.15) is 27.0 Å². The maximum absolute atomic E-state index is 12.9. The zero-order valence-corrected chi connectivity index (χ0v) is 19.9. The van der Waals surface area contributed by atoms with Crippen molar-refractivity contribution in [3.8, 4) is 22.6 Å². The molecule has 3 aromatic rings. The van der Waals surface area contributed by atoms with Crippen molar-refractivity contribution in [1.82, 2.24) is 4.57 Å². The number of nitrogens with one attached hydrogen (secondary N) is 1. The number of aromatic nitrogens is 1. The van der Waals surface area contributed by atoms with Crippen LogP contribution >= 0.6 is 0 Å². The molecule has 34 heavy (non-hydrogen) atoms. The third-order valence-electron chi connectivity index (χ3n) is 5.56. The molecule has 0 bridgehead atoms. The summed E-state index contributed by atoms with van der Waals surface area (Å²) in [5, 5.41) is 0. The molecular formula is C26H24N2O5S. The van der Waals surface area contributed by atoms with Crippen molar-refractivity contribution in [3.05, 3.63) is 93.9 Å². The summed E-state index contributed by atoms with van der Waals surface area (Å²) < 4.78 is 33.6. The van der Waals surface area contributed by atoms with Crippen LogP contribution in [0.25, 0.3) is 17.2 Å². The summed E-state index contributed by atoms with van der Waals surface area (Å²) in [5.74, 6) is 0.578. The molecule has 8 heteroatoms. The normalized spacial score (nSPS) is 12.3. The van der Waals surface area contributed by atoms with Gasteiger partial charge in [-0.15, -0.1) is 0 Å². The molecule has 7 nitrogen and oxygen atoms in total. The lowest BCUT2D eigenvalue weighted by Crippen LogP contribution is -2.28. The molecule has 0 atom stereocenters. The number of aryl methyl sites for hydroxylation is 2. The summed E-state index contributed by atoms with van der Waals surface area (Å²) in [6, 6.07) is 10.7. The fraction of sp³-hybridized carbons (Fsp3) is 0.154. The smallest absolute Gasteiger partial charge is 0.261 e. The summed E-state index contributed by atoms with van der Waals surface area (Å²) in [7, 11) is -3.53. The van der Waals surface area contributed by atoms with Gasteiger partial charge in [0.05, 0.1) is 6.26 Å². The van der Waals surface area contributed by atoms with E-state index >= 15 is 0 Å². The van der Waals surface area contributed by atoms with Gasteiger partial charge in [-0.05, 0) is 61.2 Å². The third kappa shape index (κ3) is 4.45. The van der Waals surface area contributed by atoms with Crippen LogP contribution in [0, 0.1) is 13.8 Å². The topological polar surface area (TPSA) is 94.5 Å². The molecule has 0 saturated carbocycles. The van der Waals surface area contributed by atoms with Gasteiger partial charge in [-0.1, -0.05) is 36.9 Å². The zero-order chi connectivity index (χ0) is 24.6. The molecule has 1 N–H and O–H groups in total. The average Bonchev–Trinajstić information content (AvgIpc) is 3.26. The molecule has 1 heterocycles. The number of benzene rings is 2. The van der Waals surface area contributed by atoms with E-state index in [1.54, 1.807) is 18.2 Å². The van der Waals surface area contributed by atoms with Crippen molar-refractivity contribution in [3.63, 3.8) is 0 Å². The molecule has 0 spiro atoms. The number of pyridine rings is 1. The number of sulfonamides is 1. The Morgan fingerprint density at radius 2 is 1.85 bits per heavy atom. The van der Waals surface area contributed by atoms with E-state index < -0.39 is 21.5 Å². The maximum atomic E-state index is 12.9. The van der Waals surface area contributed by atoms with Crippen LogP contribution in [-0.4, -0.2) is 25.1 Å². The van der Waals surface area contributed by atoms with Crippen molar-refractivity contribution in [2.75, 3.05) is 11.0 Å². The quantitative estimate of drug-likeness (QED) is 0.521. The summed E-state index contributed by atoms with van der Waals surface area (Å²) in [4.78, 5) is 25.3. The van der Waals surface area contributed by atoms with Crippen molar-refractivity contribution >= 4 is 27.7 Å². The molecule has 0 fully saturated rings. The van der Waals surface area contributed by atoms with Crippen LogP contribution in [0.3, 0.4) is 0 Å². The van der Waals surface area contributed by atoms with Crippen LogP contribution in [-0.2, 0) is 16.4 Å². The molecule has 4 rings (SSSR count). The predicted octanol–water partition coefficient (Wildman–Crippen LogP) is 4.69. The second kappa shape index (κ2) is 8.79. The summed E-state index contributed by atoms with van der Waals surface area (Å²) >= 11 is 0. The molecule has 0 unspecified atom stereocenters. The first-order chi connectivity index (χ1) is 16.1. The van der Waals surface area contributed by atoms with E-state index in [4.69, 9.17) is 4.74 Å². The van der Waals surface area contributed by atoms with E-state index in [1.165, 1.54) is 6.20 Å². The van der Waals surface area contributed by atoms with E-state index in [0.29, 0.717) is 45.9 Å². The van der Waals surface area contributed by atoms with Gasteiger partial charge in [0.2, 0.25) is 10.0 Å². The molecule has 0 radical (unpaired) electrons. The van der Waals surface area contributed by atoms with Crippen molar-refractivity contribution < 1.29 is 17.9 Å². The first kappa shape index (κ1) is 23.3. The maximum Gasteiger partial charge on any atom is 0.261 e. The number of carbonyl (C=O) groups is 1. The number of ether oxygens (including phenoxy) is 1. The minimum atomic E-state index is -3.53. The number of allylic oxidation sites excluding steroid dienone is 2. The molecular weight excluding hydrogens is 452 g/mol. The lowest BCUT2D eigenvalue weighted by molar-refractivity contribution is 0.0965. The molecule has 174 valence electrons. The number of carbonyl (C=O) groups excluding carboxylic acids is 1. The Labute approximate surface area is 198 Å². The van der Waals surface area contributed by atoms with Crippen molar-refractivity contribution in [1.29, 1.82) is 0 Å². The Balaban J connectivity index is 1.99. The van der Waals surface area contributed by atoms with Crippen LogP contribution in [0.5, 0.6) is 11.5 Å². The first-order valence-electron chi connectivity index (χ1n) is 10.6. The Morgan fingerprint density at radius 3 is 2.50 bits per heavy atom. The first-order valence-corrected chi connectivity index (χ1v) is 12.5. The summed E-state index contributed by atoms with van der Waals surface area (Å²) in [6.07, 6.45) is 7.67. The lowest BCUT2D eigenvalue weighted by Gasteiger charge is -2.19. The average molecular weight is 477 g/mol. The fourth-order valence-corrected chi connectivity index (χ4v) is 4.57. The number of hydrogen-bond acceptors (Lipinski definition) is 5. The molecule has 0 amide bonds. The number of rotatable bonds is 6. The fourth-order valence-electron chi connectivity index (χ4n) is 4.02. The molecule has 0 aliphatic heterocycles. The Hall–Kier alpha value is -3.91. The van der Waals surface area contributed by atoms with Crippen LogP contribution in [0.15, 0.2) is 66.1 Å². The predicted molar refractivity (Wildman–Crippen MR) is 134 cm³/mol. The van der Waals surface area contributed by atoms with Crippen LogP contribution in [0.2, 0.25) is 0 Å². The second-order valence-corrected chi connectivity index (χ2v) is 9.92. The van der Waals surface area contributed by atoms with Crippen molar-refractivity contribution in [2.45, 2.75) is 20.3 Å². The molecule has 1 aliphatic rings. The van der Waals surface area contributed by atoms with E-state index in [-0.39, 0.29) is 0 Å². The van der Waals surface area contributed by atoms with Crippen LogP contribution in [0.4, 0.5) is 5.69 Å². The van der Waals surface area contributed by atoms with E-state index in [1.807, 2.05) is 44.2 Å². The van der Waals surface area contributed by atoms with Gasteiger partial charge in [0.1, 0.15) is 11.5 Å². The Bertz CT molecular complexity index is 1510. The van der Waals surface area contributed by atoms with Gasteiger partial charge in [0, 0.05) is 28.6 Å². The molecule has 1 aliphatic carbocycles. The van der Waals surface area contributed by atoms with Crippen molar-refractivity contribution in [2.24, 2.45) is 0 Å². The summed E-state index contributed by atoms with van der Waals surface area (Å²) in [5.41, 5.74) is 4.03. The summed E-state index contributed by atoms with van der Waals surface area (Å²) in [6.45, 7) is 7.37. The van der Waals surface area contributed by atoms with Gasteiger partial charge in [-0.25, -0.2) is 13.0 Å². The van der Waals surface area contributed by atoms with Gasteiger partial charge < -0.3 is 4.74 Å². The largest absolute Gasteiger partial charge is 0.456 e. The minimum Gasteiger partial charge on any atom is -0.456 e. The highest BCUT2D eigenvalue weighted by atomic mass is 32.2. The van der Waals surface area contributed by atoms with E-state index in [9.17, 15) is 18.0 Å². The highest BCUT2D eigenvalue weighted by Crippen LogP contribution is 2.40.